The molecule has 0 radical (unpaired) electrons. The van der Waals surface area contributed by atoms with Gasteiger partial charge in [-0.3, -0.25) is 10.2 Å². The third-order valence-corrected chi connectivity index (χ3v) is 2.90. The number of amides is 1. The maximum Gasteiger partial charge on any atom is 0.244 e. The van der Waals surface area contributed by atoms with E-state index in [0.29, 0.717) is 11.8 Å². The van der Waals surface area contributed by atoms with Crippen molar-refractivity contribution in [3.05, 3.63) is 24.3 Å². The highest BCUT2D eigenvalue weighted by molar-refractivity contribution is 5.92. The average molecular weight is 274 g/mol. The first-order valence-corrected chi connectivity index (χ1v) is 6.24. The van der Waals surface area contributed by atoms with Crippen LogP contribution in [0.4, 0.5) is 11.8 Å². The fraction of sp³-hybridized carbons (Fsp3) is 0.308. The Kier molecular flexibility index (Phi) is 3.99. The zero-order valence-electron chi connectivity index (χ0n) is 11.7. The molecule has 0 aliphatic heterocycles. The molecular formula is C13H18N6O. The van der Waals surface area contributed by atoms with Gasteiger partial charge in [-0.1, -0.05) is 12.1 Å². The van der Waals surface area contributed by atoms with E-state index >= 15 is 0 Å². The highest BCUT2D eigenvalue weighted by atomic mass is 16.2. The lowest BCUT2D eigenvalue weighted by Gasteiger charge is -2.19. The van der Waals surface area contributed by atoms with Gasteiger partial charge in [-0.25, -0.2) is 10.8 Å². The molecule has 1 heterocycles. The van der Waals surface area contributed by atoms with Gasteiger partial charge in [-0.2, -0.15) is 4.98 Å². The summed E-state index contributed by atoms with van der Waals surface area (Å²) in [5.74, 6) is 6.21. The molecule has 7 heteroatoms. The lowest BCUT2D eigenvalue weighted by atomic mass is 10.2. The van der Waals surface area contributed by atoms with E-state index in [1.165, 1.54) is 4.90 Å². The second-order valence-electron chi connectivity index (χ2n) is 4.66. The van der Waals surface area contributed by atoms with Crippen molar-refractivity contribution in [2.45, 2.75) is 13.0 Å². The highest BCUT2D eigenvalue weighted by Gasteiger charge is 2.17. The Morgan fingerprint density at radius 1 is 1.30 bits per heavy atom. The lowest BCUT2D eigenvalue weighted by Crippen LogP contribution is -2.37. The highest BCUT2D eigenvalue weighted by Crippen LogP contribution is 2.22. The normalized spacial score (nSPS) is 12.0. The number of nitrogens with zero attached hydrogens (tertiary/aromatic N) is 3. The van der Waals surface area contributed by atoms with Crippen LogP contribution in [0.25, 0.3) is 10.9 Å². The molecule has 0 fully saturated rings. The van der Waals surface area contributed by atoms with Crippen LogP contribution in [0.2, 0.25) is 0 Å². The number of likely N-dealkylation sites (N-methyl/N-ethyl adjacent to an activating group) is 1. The molecule has 1 atom stereocenters. The SMILES string of the molecule is CC(Nc1nc(NN)nc2ccccc12)C(=O)N(C)C. The molecule has 2 aromatic rings. The monoisotopic (exact) mass is 274 g/mol. The molecule has 1 unspecified atom stereocenters. The summed E-state index contributed by atoms with van der Waals surface area (Å²) >= 11 is 0. The first-order valence-electron chi connectivity index (χ1n) is 6.24. The molecule has 0 bridgehead atoms. The Balaban J connectivity index is 2.40. The molecule has 106 valence electrons. The van der Waals surface area contributed by atoms with Gasteiger partial charge in [0.1, 0.15) is 11.9 Å². The molecule has 7 nitrogen and oxygen atoms in total. The van der Waals surface area contributed by atoms with Gasteiger partial charge >= 0.3 is 0 Å². The van der Waals surface area contributed by atoms with E-state index in [1.54, 1.807) is 21.0 Å². The molecule has 4 N–H and O–H groups in total. The molecule has 1 aromatic carbocycles. The van der Waals surface area contributed by atoms with Crippen LogP contribution in [0, 0.1) is 0 Å². The summed E-state index contributed by atoms with van der Waals surface area (Å²) in [5.41, 5.74) is 3.18. The number of nitrogens with one attached hydrogen (secondary N) is 2. The fourth-order valence-corrected chi connectivity index (χ4v) is 1.91. The number of anilines is 2. The first-order chi connectivity index (χ1) is 9.52. The van der Waals surface area contributed by atoms with Gasteiger partial charge in [0.05, 0.1) is 5.52 Å². The van der Waals surface area contributed by atoms with Gasteiger partial charge in [-0.15, -0.1) is 0 Å². The summed E-state index contributed by atoms with van der Waals surface area (Å²) in [6.07, 6.45) is 0. The van der Waals surface area contributed by atoms with Crippen LogP contribution in [0.5, 0.6) is 0 Å². The molecule has 20 heavy (non-hydrogen) atoms. The van der Waals surface area contributed by atoms with E-state index in [1.807, 2.05) is 24.3 Å². The van der Waals surface area contributed by atoms with Crippen molar-refractivity contribution in [2.24, 2.45) is 5.84 Å². The van der Waals surface area contributed by atoms with E-state index in [0.717, 1.165) is 10.9 Å². The first kappa shape index (κ1) is 14.0. The predicted octanol–water partition coefficient (Wildman–Crippen LogP) is 0.804. The standard InChI is InChI=1S/C13H18N6O/c1-8(12(20)19(2)3)15-11-9-6-4-5-7-10(9)16-13(17-11)18-14/h4-8H,14H2,1-3H3,(H2,15,16,17,18). The van der Waals surface area contributed by atoms with Crippen molar-refractivity contribution in [1.29, 1.82) is 0 Å². The number of fused-ring (bicyclic) bond motifs is 1. The number of nitrogens with two attached hydrogens (primary N) is 1. The quantitative estimate of drug-likeness (QED) is 0.564. The number of para-hydroxylation sites is 1. The van der Waals surface area contributed by atoms with Gasteiger partial charge in [-0.05, 0) is 19.1 Å². The van der Waals surface area contributed by atoms with Crippen LogP contribution in [0.1, 0.15) is 6.92 Å². The zero-order chi connectivity index (χ0) is 14.7. The second-order valence-corrected chi connectivity index (χ2v) is 4.66. The van der Waals surface area contributed by atoms with E-state index in [4.69, 9.17) is 5.84 Å². The Bertz CT molecular complexity index is 627. The molecular weight excluding hydrogens is 256 g/mol. The molecule has 0 spiro atoms. The van der Waals surface area contributed by atoms with Crippen LogP contribution in [-0.2, 0) is 4.79 Å². The number of hydrogen-bond donors (Lipinski definition) is 3. The van der Waals surface area contributed by atoms with Gasteiger partial charge in [0, 0.05) is 19.5 Å². The third-order valence-electron chi connectivity index (χ3n) is 2.90. The van der Waals surface area contributed by atoms with Crippen LogP contribution in [-0.4, -0.2) is 40.9 Å². The second kappa shape index (κ2) is 5.70. The minimum absolute atomic E-state index is 0.0325. The van der Waals surface area contributed by atoms with E-state index in [2.05, 4.69) is 20.7 Å². The van der Waals surface area contributed by atoms with Crippen LogP contribution in [0.3, 0.4) is 0 Å². The smallest absolute Gasteiger partial charge is 0.244 e. The Morgan fingerprint density at radius 3 is 2.65 bits per heavy atom. The van der Waals surface area contributed by atoms with E-state index < -0.39 is 6.04 Å². The van der Waals surface area contributed by atoms with E-state index in [-0.39, 0.29) is 5.91 Å². The number of carbonyl (C=O) groups is 1. The summed E-state index contributed by atoms with van der Waals surface area (Å²) < 4.78 is 0. The molecule has 1 amide bonds. The minimum Gasteiger partial charge on any atom is -0.358 e. The van der Waals surface area contributed by atoms with Gasteiger partial charge in [0.2, 0.25) is 11.9 Å². The lowest BCUT2D eigenvalue weighted by molar-refractivity contribution is -0.129. The number of benzene rings is 1. The molecule has 0 aliphatic rings. The van der Waals surface area contributed by atoms with Gasteiger partial charge in [0.25, 0.3) is 0 Å². The summed E-state index contributed by atoms with van der Waals surface area (Å²) in [6.45, 7) is 1.79. The van der Waals surface area contributed by atoms with E-state index in [9.17, 15) is 4.79 Å². The molecule has 2 rings (SSSR count). The number of nitrogen functional groups attached to an aromatic ring is 1. The summed E-state index contributed by atoms with van der Waals surface area (Å²) in [6, 6.07) is 7.14. The van der Waals surface area contributed by atoms with Crippen molar-refractivity contribution in [3.63, 3.8) is 0 Å². The maximum atomic E-state index is 11.9. The third kappa shape index (κ3) is 2.77. The van der Waals surface area contributed by atoms with Gasteiger partial charge < -0.3 is 10.2 Å². The number of rotatable bonds is 4. The van der Waals surface area contributed by atoms with Crippen LogP contribution >= 0.6 is 0 Å². The molecule has 0 saturated heterocycles. The number of aromatic nitrogens is 2. The maximum absolute atomic E-state index is 11.9. The van der Waals surface area contributed by atoms with Crippen LogP contribution < -0.4 is 16.6 Å². The molecule has 1 aromatic heterocycles. The predicted molar refractivity (Wildman–Crippen MR) is 79.1 cm³/mol. The largest absolute Gasteiger partial charge is 0.358 e. The Hall–Kier alpha value is -2.41. The number of carbonyl (C=O) groups excluding carboxylic acids is 1. The number of hydrazine groups is 1. The average Bonchev–Trinajstić information content (AvgIpc) is 2.45. The van der Waals surface area contributed by atoms with Crippen molar-refractivity contribution in [3.8, 4) is 0 Å². The minimum atomic E-state index is -0.395. The fourth-order valence-electron chi connectivity index (χ4n) is 1.91. The van der Waals surface area contributed by atoms with Crippen molar-refractivity contribution in [1.82, 2.24) is 14.9 Å². The topological polar surface area (TPSA) is 96.2 Å². The van der Waals surface area contributed by atoms with Crippen LogP contribution in [0.15, 0.2) is 24.3 Å². The van der Waals surface area contributed by atoms with Crippen molar-refractivity contribution >= 4 is 28.6 Å². The zero-order valence-corrected chi connectivity index (χ0v) is 11.7. The summed E-state index contributed by atoms with van der Waals surface area (Å²) in [4.78, 5) is 22.0. The summed E-state index contributed by atoms with van der Waals surface area (Å²) in [5, 5.41) is 3.94. The Morgan fingerprint density at radius 2 is 2.00 bits per heavy atom. The molecule has 0 saturated carbocycles. The number of hydrogen-bond acceptors (Lipinski definition) is 6. The Labute approximate surface area is 117 Å². The van der Waals surface area contributed by atoms with Gasteiger partial charge in [0.15, 0.2) is 0 Å². The van der Waals surface area contributed by atoms with Crippen molar-refractivity contribution < 1.29 is 4.79 Å². The molecule has 0 aliphatic carbocycles. The summed E-state index contributed by atoms with van der Waals surface area (Å²) in [7, 11) is 3.43. The van der Waals surface area contributed by atoms with Crippen molar-refractivity contribution in [2.75, 3.05) is 24.8 Å².